The number of sulfone groups is 1. The first kappa shape index (κ1) is 24.9. The topological polar surface area (TPSA) is 157 Å². The number of aromatic nitrogens is 1. The van der Waals surface area contributed by atoms with Gasteiger partial charge in [0.2, 0.25) is 0 Å². The zero-order valence-electron chi connectivity index (χ0n) is 19.3. The van der Waals surface area contributed by atoms with E-state index in [4.69, 9.17) is 9.26 Å². The number of carbonyl (C=O) groups is 3. The normalized spacial score (nSPS) is 15.1. The molecule has 188 valence electrons. The first-order valence-electron chi connectivity index (χ1n) is 11.0. The number of hydrogen-bond acceptors (Lipinski definition) is 8. The van der Waals surface area contributed by atoms with Gasteiger partial charge in [0.25, 0.3) is 17.7 Å². The van der Waals surface area contributed by atoms with E-state index in [1.54, 1.807) is 0 Å². The Labute approximate surface area is 207 Å². The summed E-state index contributed by atoms with van der Waals surface area (Å²) in [6.45, 7) is -0.181. The SMILES string of the molecule is CS(=O)(=O)CCNC(=O)c1ccc2c(c1)NC(=O)[C@@H](NC(=O)c1cc(Cc3ccccc3)on1)CO2. The van der Waals surface area contributed by atoms with Crippen LogP contribution in [-0.2, 0) is 21.1 Å². The average Bonchev–Trinajstić information content (AvgIpc) is 3.24. The maximum absolute atomic E-state index is 12.7. The van der Waals surface area contributed by atoms with Gasteiger partial charge < -0.3 is 25.2 Å². The lowest BCUT2D eigenvalue weighted by Crippen LogP contribution is -2.46. The Bertz CT molecular complexity index is 1390. The molecule has 0 radical (unpaired) electrons. The molecule has 1 aliphatic rings. The van der Waals surface area contributed by atoms with Gasteiger partial charge in [-0.1, -0.05) is 35.5 Å². The van der Waals surface area contributed by atoms with Crippen molar-refractivity contribution >= 4 is 33.2 Å². The number of fused-ring (bicyclic) bond motifs is 1. The van der Waals surface area contributed by atoms with E-state index in [2.05, 4.69) is 21.1 Å². The van der Waals surface area contributed by atoms with Gasteiger partial charge in [-0.15, -0.1) is 0 Å². The molecular formula is C24H24N4O7S. The molecule has 0 unspecified atom stereocenters. The molecule has 2 heterocycles. The molecule has 11 nitrogen and oxygen atoms in total. The van der Waals surface area contributed by atoms with Crippen molar-refractivity contribution in [3.05, 3.63) is 77.2 Å². The number of anilines is 1. The van der Waals surface area contributed by atoms with Gasteiger partial charge in [-0.25, -0.2) is 8.42 Å². The van der Waals surface area contributed by atoms with Crippen LogP contribution in [0.3, 0.4) is 0 Å². The minimum absolute atomic E-state index is 0.0311. The first-order valence-corrected chi connectivity index (χ1v) is 13.1. The second-order valence-electron chi connectivity index (χ2n) is 8.26. The van der Waals surface area contributed by atoms with E-state index < -0.39 is 33.6 Å². The molecule has 4 rings (SSSR count). The number of hydrogen-bond donors (Lipinski definition) is 3. The lowest BCUT2D eigenvalue weighted by atomic mass is 10.1. The Morgan fingerprint density at radius 2 is 1.89 bits per heavy atom. The standard InChI is InChI=1S/C24H24N4O7S/c1-36(32,33)10-9-25-22(29)16-7-8-21-18(12-16)26-24(31)20(14-34-21)27-23(30)19-13-17(35-28-19)11-15-5-3-2-4-6-15/h2-8,12-13,20H,9-11,14H2,1H3,(H,25,29)(H,26,31)(H,27,30)/t20-/m0/s1. The van der Waals surface area contributed by atoms with Crippen LogP contribution in [0.15, 0.2) is 59.1 Å². The fourth-order valence-corrected chi connectivity index (χ4v) is 3.93. The van der Waals surface area contributed by atoms with E-state index in [9.17, 15) is 22.8 Å². The first-order chi connectivity index (χ1) is 17.2. The van der Waals surface area contributed by atoms with Gasteiger partial charge in [0.05, 0.1) is 11.4 Å². The molecule has 1 atom stereocenters. The molecule has 3 aromatic rings. The van der Waals surface area contributed by atoms with E-state index in [0.29, 0.717) is 17.9 Å². The molecule has 0 bridgehead atoms. The van der Waals surface area contributed by atoms with Crippen LogP contribution in [0.4, 0.5) is 5.69 Å². The smallest absolute Gasteiger partial charge is 0.274 e. The van der Waals surface area contributed by atoms with Crippen LogP contribution >= 0.6 is 0 Å². The Morgan fingerprint density at radius 3 is 2.64 bits per heavy atom. The summed E-state index contributed by atoms with van der Waals surface area (Å²) in [6, 6.07) is 14.5. The number of carbonyl (C=O) groups excluding carboxylic acids is 3. The molecule has 0 spiro atoms. The molecule has 2 aromatic carbocycles. The van der Waals surface area contributed by atoms with E-state index in [1.807, 2.05) is 30.3 Å². The summed E-state index contributed by atoms with van der Waals surface area (Å²) in [7, 11) is -3.21. The highest BCUT2D eigenvalue weighted by Crippen LogP contribution is 2.28. The summed E-state index contributed by atoms with van der Waals surface area (Å²) < 4.78 is 33.4. The quantitative estimate of drug-likeness (QED) is 0.406. The number of benzene rings is 2. The summed E-state index contributed by atoms with van der Waals surface area (Å²) >= 11 is 0. The van der Waals surface area contributed by atoms with E-state index in [0.717, 1.165) is 11.8 Å². The number of amides is 3. The van der Waals surface area contributed by atoms with Gasteiger partial charge in [-0.2, -0.15) is 0 Å². The van der Waals surface area contributed by atoms with Crippen molar-refractivity contribution in [3.8, 4) is 5.75 Å². The molecule has 3 N–H and O–H groups in total. The predicted molar refractivity (Wildman–Crippen MR) is 130 cm³/mol. The van der Waals surface area contributed by atoms with Crippen molar-refractivity contribution in [1.29, 1.82) is 0 Å². The van der Waals surface area contributed by atoms with Gasteiger partial charge in [0.15, 0.2) is 5.69 Å². The zero-order valence-corrected chi connectivity index (χ0v) is 20.1. The van der Waals surface area contributed by atoms with Crippen LogP contribution in [0.1, 0.15) is 32.2 Å². The van der Waals surface area contributed by atoms with Gasteiger partial charge >= 0.3 is 0 Å². The molecule has 0 saturated carbocycles. The van der Waals surface area contributed by atoms with Crippen LogP contribution in [0.25, 0.3) is 0 Å². The molecule has 0 aliphatic carbocycles. The zero-order chi connectivity index (χ0) is 25.7. The average molecular weight is 513 g/mol. The van der Waals surface area contributed by atoms with E-state index in [1.165, 1.54) is 24.3 Å². The van der Waals surface area contributed by atoms with Crippen molar-refractivity contribution in [1.82, 2.24) is 15.8 Å². The molecule has 1 aliphatic heterocycles. The van der Waals surface area contributed by atoms with Crippen molar-refractivity contribution in [2.45, 2.75) is 12.5 Å². The monoisotopic (exact) mass is 512 g/mol. The Morgan fingerprint density at radius 1 is 1.11 bits per heavy atom. The second kappa shape index (κ2) is 10.6. The Balaban J connectivity index is 1.37. The lowest BCUT2D eigenvalue weighted by molar-refractivity contribution is -0.118. The number of rotatable bonds is 8. The molecule has 0 fully saturated rings. The highest BCUT2D eigenvalue weighted by molar-refractivity contribution is 7.90. The summed E-state index contributed by atoms with van der Waals surface area (Å²) in [4.78, 5) is 37.7. The minimum atomic E-state index is -3.21. The van der Waals surface area contributed by atoms with Crippen molar-refractivity contribution < 1.29 is 32.1 Å². The van der Waals surface area contributed by atoms with Crippen molar-refractivity contribution in [2.75, 3.05) is 30.5 Å². The molecule has 12 heteroatoms. The fraction of sp³-hybridized carbons (Fsp3) is 0.250. The number of nitrogens with zero attached hydrogens (tertiary/aromatic N) is 1. The summed E-state index contributed by atoms with van der Waals surface area (Å²) in [5, 5.41) is 11.5. The third kappa shape index (κ3) is 6.48. The second-order valence-corrected chi connectivity index (χ2v) is 10.5. The van der Waals surface area contributed by atoms with Crippen LogP contribution in [0.5, 0.6) is 5.75 Å². The molecule has 3 amide bonds. The van der Waals surface area contributed by atoms with Gasteiger partial charge in [-0.05, 0) is 23.8 Å². The van der Waals surface area contributed by atoms with Crippen molar-refractivity contribution in [3.63, 3.8) is 0 Å². The molecule has 0 saturated heterocycles. The largest absolute Gasteiger partial charge is 0.489 e. The summed E-state index contributed by atoms with van der Waals surface area (Å²) in [6.07, 6.45) is 1.55. The summed E-state index contributed by atoms with van der Waals surface area (Å²) in [5.41, 5.74) is 1.49. The van der Waals surface area contributed by atoms with Gasteiger partial charge in [0.1, 0.15) is 34.0 Å². The highest BCUT2D eigenvalue weighted by atomic mass is 32.2. The Hall–Kier alpha value is -4.19. The van der Waals surface area contributed by atoms with E-state index in [-0.39, 0.29) is 35.8 Å². The lowest BCUT2D eigenvalue weighted by Gasteiger charge is -2.13. The highest BCUT2D eigenvalue weighted by Gasteiger charge is 2.28. The number of ether oxygens (including phenoxy) is 1. The van der Waals surface area contributed by atoms with Crippen LogP contribution in [-0.4, -0.2) is 62.5 Å². The van der Waals surface area contributed by atoms with E-state index >= 15 is 0 Å². The minimum Gasteiger partial charge on any atom is -0.489 e. The Kier molecular flexibility index (Phi) is 7.34. The van der Waals surface area contributed by atoms with Crippen LogP contribution < -0.4 is 20.7 Å². The third-order valence-corrected chi connectivity index (χ3v) is 6.24. The molecule has 36 heavy (non-hydrogen) atoms. The van der Waals surface area contributed by atoms with Gasteiger partial charge in [-0.3, -0.25) is 14.4 Å². The molecule has 1 aromatic heterocycles. The summed E-state index contributed by atoms with van der Waals surface area (Å²) in [5.74, 6) is -1.00. The fourth-order valence-electron chi connectivity index (χ4n) is 3.46. The maximum atomic E-state index is 12.7. The van der Waals surface area contributed by atoms with Crippen molar-refractivity contribution in [2.24, 2.45) is 0 Å². The maximum Gasteiger partial charge on any atom is 0.274 e. The predicted octanol–water partition coefficient (Wildman–Crippen LogP) is 1.17. The van der Waals surface area contributed by atoms with Gasteiger partial charge in [0, 0.05) is 30.9 Å². The molecular weight excluding hydrogens is 488 g/mol. The van der Waals surface area contributed by atoms with Crippen LogP contribution in [0, 0.1) is 0 Å². The number of nitrogens with one attached hydrogen (secondary N) is 3. The third-order valence-electron chi connectivity index (χ3n) is 5.30. The van der Waals surface area contributed by atoms with Crippen LogP contribution in [0.2, 0.25) is 0 Å².